The third-order valence-corrected chi connectivity index (χ3v) is 6.51. The number of thioether (sulfide) groups is 1. The number of nitriles is 1. The van der Waals surface area contributed by atoms with Gasteiger partial charge in [-0.1, -0.05) is 0 Å². The fourth-order valence-electron chi connectivity index (χ4n) is 2.37. The molecule has 0 aromatic carbocycles. The van der Waals surface area contributed by atoms with Crippen LogP contribution in [0.4, 0.5) is 0 Å². The van der Waals surface area contributed by atoms with Gasteiger partial charge in [0.05, 0.1) is 23.4 Å². The fourth-order valence-corrected chi connectivity index (χ4v) is 5.66. The summed E-state index contributed by atoms with van der Waals surface area (Å²) in [5.74, 6) is 0.517. The van der Waals surface area contributed by atoms with Crippen molar-refractivity contribution in [3.05, 3.63) is 29.5 Å². The SMILES string of the molecule is CSc1c(C#N)c(-c2ccco2)oc(=[NH2+])c1P(=O)(OC(C)C)OC(C)C. The zero-order valence-electron chi connectivity index (χ0n) is 15.3. The van der Waals surface area contributed by atoms with E-state index in [1.807, 2.05) is 0 Å². The van der Waals surface area contributed by atoms with Gasteiger partial charge >= 0.3 is 13.1 Å². The molecule has 26 heavy (non-hydrogen) atoms. The Hall–Kier alpha value is -1.78. The van der Waals surface area contributed by atoms with Crippen LogP contribution in [0.5, 0.6) is 0 Å². The Kier molecular flexibility index (Phi) is 6.53. The van der Waals surface area contributed by atoms with Crippen LogP contribution in [0.15, 0.2) is 32.1 Å². The molecule has 0 bridgehead atoms. The molecule has 0 saturated heterocycles. The first kappa shape index (κ1) is 20.5. The molecule has 0 aliphatic heterocycles. The second-order valence-corrected chi connectivity index (χ2v) is 8.63. The second-order valence-electron chi connectivity index (χ2n) is 5.95. The van der Waals surface area contributed by atoms with E-state index < -0.39 is 7.60 Å². The molecular weight excluding hydrogens is 375 g/mol. The van der Waals surface area contributed by atoms with Gasteiger partial charge in [-0.25, -0.2) is 5.41 Å². The highest BCUT2D eigenvalue weighted by Gasteiger charge is 2.40. The molecule has 2 aromatic heterocycles. The third-order valence-electron chi connectivity index (χ3n) is 3.15. The highest BCUT2D eigenvalue weighted by Crippen LogP contribution is 2.51. The lowest BCUT2D eigenvalue weighted by Crippen LogP contribution is -2.54. The molecule has 140 valence electrons. The lowest BCUT2D eigenvalue weighted by Gasteiger charge is -2.23. The van der Waals surface area contributed by atoms with Crippen molar-refractivity contribution in [1.29, 1.82) is 5.26 Å². The normalized spacial score (nSPS) is 11.9. The summed E-state index contributed by atoms with van der Waals surface area (Å²) in [6.07, 6.45) is 2.44. The minimum Gasteiger partial charge on any atom is -0.461 e. The molecule has 0 radical (unpaired) electrons. The maximum atomic E-state index is 13.6. The molecular formula is C17H22N2O5PS+. The predicted molar refractivity (Wildman–Crippen MR) is 97.6 cm³/mol. The predicted octanol–water partition coefficient (Wildman–Crippen LogP) is 2.46. The van der Waals surface area contributed by atoms with Gasteiger partial charge in [0.15, 0.2) is 16.8 Å². The standard InChI is InChI=1S/C17H21N2O5PS/c1-10(2)23-25(20,24-11(3)4)15-16(26-5)12(9-18)14(22-17(15)19)13-7-6-8-21-13/h6-8,10-11,19H,1-5H3/p+1. The van der Waals surface area contributed by atoms with E-state index in [2.05, 4.69) is 6.07 Å². The molecule has 0 spiro atoms. The lowest BCUT2D eigenvalue weighted by molar-refractivity contribution is -0.197. The molecule has 2 heterocycles. The maximum absolute atomic E-state index is 13.6. The summed E-state index contributed by atoms with van der Waals surface area (Å²) >= 11 is 1.22. The van der Waals surface area contributed by atoms with Crippen LogP contribution < -0.4 is 16.3 Å². The molecule has 0 unspecified atom stereocenters. The summed E-state index contributed by atoms with van der Waals surface area (Å²) in [4.78, 5) is 0.382. The average molecular weight is 397 g/mol. The fraction of sp³-hybridized carbons (Fsp3) is 0.412. The zero-order valence-corrected chi connectivity index (χ0v) is 17.0. The van der Waals surface area contributed by atoms with E-state index in [9.17, 15) is 9.83 Å². The van der Waals surface area contributed by atoms with Crippen LogP contribution in [0.25, 0.3) is 11.5 Å². The van der Waals surface area contributed by atoms with Gasteiger partial charge in [-0.05, 0) is 46.1 Å². The van der Waals surface area contributed by atoms with Crippen molar-refractivity contribution >= 4 is 24.7 Å². The Labute approximate surface area is 156 Å². The van der Waals surface area contributed by atoms with Gasteiger partial charge in [0.1, 0.15) is 11.6 Å². The summed E-state index contributed by atoms with van der Waals surface area (Å²) in [5.41, 5.74) is 0.0287. The molecule has 9 heteroatoms. The molecule has 7 nitrogen and oxygen atoms in total. The van der Waals surface area contributed by atoms with Crippen LogP contribution in [-0.2, 0) is 13.6 Å². The monoisotopic (exact) mass is 397 g/mol. The van der Waals surface area contributed by atoms with Crippen LogP contribution >= 0.6 is 19.4 Å². The van der Waals surface area contributed by atoms with Crippen molar-refractivity contribution < 1.29 is 27.9 Å². The smallest absolute Gasteiger partial charge is 0.381 e. The van der Waals surface area contributed by atoms with Gasteiger partial charge < -0.3 is 17.9 Å². The topological polar surface area (TPSA) is 111 Å². The number of hydrogen-bond acceptors (Lipinski definition) is 7. The van der Waals surface area contributed by atoms with E-state index in [4.69, 9.17) is 23.3 Å². The van der Waals surface area contributed by atoms with Crippen molar-refractivity contribution in [2.45, 2.75) is 44.8 Å². The van der Waals surface area contributed by atoms with E-state index in [1.165, 1.54) is 18.0 Å². The molecule has 2 N–H and O–H groups in total. The molecule has 2 rings (SSSR count). The minimum atomic E-state index is -3.83. The van der Waals surface area contributed by atoms with Crippen molar-refractivity contribution in [3.8, 4) is 17.6 Å². The van der Waals surface area contributed by atoms with Gasteiger partial charge in [0.25, 0.3) is 0 Å². The van der Waals surface area contributed by atoms with Crippen LogP contribution in [0, 0.1) is 11.3 Å². The van der Waals surface area contributed by atoms with Crippen molar-refractivity contribution in [3.63, 3.8) is 0 Å². The summed E-state index contributed by atoms with van der Waals surface area (Å²) < 4.78 is 35.8. The van der Waals surface area contributed by atoms with Gasteiger partial charge in [-0.3, -0.25) is 4.57 Å². The maximum Gasteiger partial charge on any atom is 0.381 e. The van der Waals surface area contributed by atoms with E-state index in [0.29, 0.717) is 10.7 Å². The number of nitrogens with two attached hydrogens (primary N) is 1. The Morgan fingerprint density at radius 2 is 1.88 bits per heavy atom. The number of nitrogens with zero attached hydrogens (tertiary/aromatic N) is 1. The van der Waals surface area contributed by atoms with Crippen LogP contribution in [0.2, 0.25) is 0 Å². The third kappa shape index (κ3) is 4.13. The van der Waals surface area contributed by atoms with E-state index in [0.717, 1.165) is 0 Å². The van der Waals surface area contributed by atoms with Crippen molar-refractivity contribution in [2.75, 3.05) is 6.26 Å². The summed E-state index contributed by atoms with van der Waals surface area (Å²) in [6.45, 7) is 6.96. The van der Waals surface area contributed by atoms with Crippen molar-refractivity contribution in [2.24, 2.45) is 0 Å². The lowest BCUT2D eigenvalue weighted by atomic mass is 10.2. The Morgan fingerprint density at radius 3 is 2.31 bits per heavy atom. The first-order valence-corrected chi connectivity index (χ1v) is 10.7. The van der Waals surface area contributed by atoms with Gasteiger partial charge in [-0.2, -0.15) is 5.26 Å². The van der Waals surface area contributed by atoms with E-state index in [1.54, 1.807) is 46.1 Å². The number of furan rings is 1. The van der Waals surface area contributed by atoms with E-state index in [-0.39, 0.29) is 34.4 Å². The van der Waals surface area contributed by atoms with Gasteiger partial charge in [0, 0.05) is 0 Å². The molecule has 0 atom stereocenters. The quantitative estimate of drug-likeness (QED) is 0.564. The molecule has 2 aromatic rings. The molecule has 0 aliphatic rings. The van der Waals surface area contributed by atoms with Gasteiger partial charge in [-0.15, -0.1) is 11.8 Å². The number of rotatable bonds is 7. The van der Waals surface area contributed by atoms with Gasteiger partial charge in [0.2, 0.25) is 0 Å². The van der Waals surface area contributed by atoms with Crippen molar-refractivity contribution in [1.82, 2.24) is 0 Å². The summed E-state index contributed by atoms with van der Waals surface area (Å²) in [5, 5.41) is 15.9. The Balaban J connectivity index is 2.82. The Bertz CT molecular complexity index is 898. The van der Waals surface area contributed by atoms with Crippen LogP contribution in [0.1, 0.15) is 33.3 Å². The molecule has 0 fully saturated rings. The highest BCUT2D eigenvalue weighted by molar-refractivity contribution is 7.99. The highest BCUT2D eigenvalue weighted by atomic mass is 32.2. The molecule has 0 aliphatic carbocycles. The first-order valence-electron chi connectivity index (χ1n) is 7.98. The zero-order chi connectivity index (χ0) is 19.5. The van der Waals surface area contributed by atoms with Crippen LogP contribution in [-0.4, -0.2) is 18.5 Å². The minimum absolute atomic E-state index is 0.0688. The molecule has 0 amide bonds. The first-order chi connectivity index (χ1) is 12.2. The number of hydrogen-bond donors (Lipinski definition) is 1. The Morgan fingerprint density at radius 1 is 1.27 bits per heavy atom. The summed E-state index contributed by atoms with van der Waals surface area (Å²) in [7, 11) is -3.83. The molecule has 0 saturated carbocycles. The largest absolute Gasteiger partial charge is 0.461 e. The van der Waals surface area contributed by atoms with Crippen LogP contribution in [0.3, 0.4) is 0 Å². The van der Waals surface area contributed by atoms with E-state index >= 15 is 0 Å². The average Bonchev–Trinajstić information content (AvgIpc) is 3.05. The summed E-state index contributed by atoms with van der Waals surface area (Å²) in [6, 6.07) is 5.41. The second kappa shape index (κ2) is 8.28.